The Balaban J connectivity index is 0.000000380. The molecule has 0 bridgehead atoms. The number of fused-ring (bicyclic) bond motifs is 12. The summed E-state index contributed by atoms with van der Waals surface area (Å²) in [7, 11) is 0. The van der Waals surface area contributed by atoms with Crippen LogP contribution in [0.25, 0.3) is 43.1 Å². The van der Waals surface area contributed by atoms with Crippen LogP contribution in [0.1, 0.15) is 103 Å². The van der Waals surface area contributed by atoms with Crippen LogP contribution >= 0.6 is 70.6 Å². The van der Waals surface area contributed by atoms with E-state index in [1.165, 1.54) is 23.5 Å². The van der Waals surface area contributed by atoms with Gasteiger partial charge in [0.15, 0.2) is 13.2 Å². The molecule has 0 aliphatic carbocycles. The van der Waals surface area contributed by atoms with Gasteiger partial charge in [-0.1, -0.05) is 104 Å². The number of phenolic OH excluding ortho intramolecular Hbond substituents is 4. The summed E-state index contributed by atoms with van der Waals surface area (Å²) in [6.45, 7) is 16.1. The van der Waals surface area contributed by atoms with Gasteiger partial charge in [0.1, 0.15) is 95.4 Å². The van der Waals surface area contributed by atoms with Gasteiger partial charge in [0.05, 0.1) is 64.9 Å². The van der Waals surface area contributed by atoms with Crippen LogP contribution < -0.4 is 71.2 Å². The third-order valence-electron chi connectivity index (χ3n) is 17.6. The van der Waals surface area contributed by atoms with Crippen molar-refractivity contribution in [3.05, 3.63) is 119 Å². The van der Waals surface area contributed by atoms with E-state index < -0.39 is 21.7 Å². The Morgan fingerprint density at radius 2 is 0.667 bits per heavy atom. The first-order valence-corrected chi connectivity index (χ1v) is 44.5. The number of hydrogen-bond donors (Lipinski definition) is 12. The molecule has 4 heterocycles. The summed E-state index contributed by atoms with van der Waals surface area (Å²) in [6, 6.07) is 27.5. The fraction of sp³-hybridized carbons (Fsp3) is 0.425. The quantitative estimate of drug-likeness (QED) is 0.00508. The van der Waals surface area contributed by atoms with E-state index >= 15 is 0 Å². The number of nitrogens with one attached hydrogen (secondary N) is 4. The maximum atomic E-state index is 12.0. The van der Waals surface area contributed by atoms with Gasteiger partial charge in [0.25, 0.3) is 11.8 Å². The molecule has 28 nitrogen and oxygen atoms in total. The Hall–Kier alpha value is -6.66. The molecule has 2 amide bonds. The van der Waals surface area contributed by atoms with Crippen LogP contribution in [0.2, 0.25) is 0 Å². The fourth-order valence-corrected chi connectivity index (χ4v) is 13.0. The summed E-state index contributed by atoms with van der Waals surface area (Å²) in [6.07, 6.45) is 12.7. The molecule has 0 aromatic heterocycles. The Morgan fingerprint density at radius 1 is 0.419 bits per heavy atom. The van der Waals surface area contributed by atoms with Crippen LogP contribution in [0.4, 0.5) is 0 Å². The molecular formula is C80H105Au2N7O21S7. The zero-order valence-electron chi connectivity index (χ0n) is 67.5. The number of ether oxygens (including phenoxy) is 8. The number of amides is 2. The molecule has 117 heavy (non-hydrogen) atoms. The zero-order valence-corrected chi connectivity index (χ0v) is 77.6. The minimum Gasteiger partial charge on any atom is -0.507 e. The summed E-state index contributed by atoms with van der Waals surface area (Å²) < 4.78 is 49.8. The van der Waals surface area contributed by atoms with Crippen molar-refractivity contribution in [2.45, 2.75) is 103 Å². The molecule has 0 atom stereocenters. The second kappa shape index (κ2) is 51.2. The van der Waals surface area contributed by atoms with Crippen LogP contribution in [0.5, 0.6) is 69.0 Å². The summed E-state index contributed by atoms with van der Waals surface area (Å²) in [5.41, 5.74) is 19.2. The monoisotopic (exact) mass is 2120 g/mol. The van der Waals surface area contributed by atoms with Crippen LogP contribution in [-0.2, 0) is 117 Å². The molecule has 4 aliphatic rings. The van der Waals surface area contributed by atoms with Gasteiger partial charge in [-0.05, 0) is 86.1 Å². The van der Waals surface area contributed by atoms with Gasteiger partial charge in [0.2, 0.25) is 0 Å². The van der Waals surface area contributed by atoms with E-state index in [1.807, 2.05) is 105 Å². The number of esters is 4. The summed E-state index contributed by atoms with van der Waals surface area (Å²) in [5, 5.41) is 60.3. The SMILES string of the molecule is CC1(C)CC(=O)Oc2c1cc(O)c1c(OCCOO)cccc21.CSCN.CSCN.CSCN.CSCNC(=O)COc1cccc2c3c(cc(O)c12)C(C)(C)CC(=O)O3.CSCNC(=O)COc1cccc2c3c(cc(O)c12)C(C)(C)CC(=O)O3.CSCNOCCOc1cccc2c3c(cc(O)c12)C(C)(C)CC(=O)O3.N=S.[Au].[Au]. The molecule has 0 spiro atoms. The topological polar surface area (TPSA) is 434 Å². The Bertz CT molecular complexity index is 4490. The molecule has 0 saturated heterocycles. The second-order valence-electron chi connectivity index (χ2n) is 27.9. The summed E-state index contributed by atoms with van der Waals surface area (Å²) in [4.78, 5) is 80.7. The number of rotatable bonds is 24. The molecule has 0 unspecified atom stereocenters. The smallest absolute Gasteiger partial charge is 0.312 e. The van der Waals surface area contributed by atoms with Gasteiger partial charge in [0, 0.05) is 140 Å². The molecule has 0 saturated carbocycles. The van der Waals surface area contributed by atoms with E-state index in [4.69, 9.17) is 70.0 Å². The zero-order chi connectivity index (χ0) is 85.4. The number of hydroxylamine groups is 1. The van der Waals surface area contributed by atoms with Crippen LogP contribution in [-0.4, -0.2) is 174 Å². The number of hydrogen-bond acceptors (Lipinski definition) is 33. The van der Waals surface area contributed by atoms with Gasteiger partial charge in [-0.15, -0.1) is 35.3 Å². The van der Waals surface area contributed by atoms with E-state index in [0.29, 0.717) is 120 Å². The fourth-order valence-electron chi connectivity index (χ4n) is 12.2. The predicted molar refractivity (Wildman–Crippen MR) is 464 cm³/mol. The minimum atomic E-state index is -0.440. The van der Waals surface area contributed by atoms with Crippen molar-refractivity contribution in [3.8, 4) is 69.0 Å². The number of aromatic hydroxyl groups is 4. The molecule has 650 valence electrons. The van der Waals surface area contributed by atoms with Gasteiger partial charge in [-0.25, -0.2) is 9.67 Å². The molecule has 2 radical (unpaired) electrons. The summed E-state index contributed by atoms with van der Waals surface area (Å²) >= 11 is 12.8. The van der Waals surface area contributed by atoms with E-state index in [9.17, 15) is 49.2 Å². The maximum Gasteiger partial charge on any atom is 0.312 e. The second-order valence-corrected chi connectivity index (χ2v) is 33.2. The van der Waals surface area contributed by atoms with Crippen molar-refractivity contribution in [1.82, 2.24) is 16.1 Å². The van der Waals surface area contributed by atoms with E-state index in [-0.39, 0.29) is 156 Å². The van der Waals surface area contributed by atoms with Crippen molar-refractivity contribution in [3.63, 3.8) is 0 Å². The molecule has 4 aliphatic heterocycles. The van der Waals surface area contributed by atoms with Crippen molar-refractivity contribution < 1.29 is 147 Å². The molecule has 8 aromatic carbocycles. The Morgan fingerprint density at radius 3 is 0.906 bits per heavy atom. The normalized spacial score (nSPS) is 14.2. The molecule has 15 N–H and O–H groups in total. The number of benzene rings is 8. The van der Waals surface area contributed by atoms with Gasteiger partial charge < -0.3 is 86.2 Å². The molecule has 0 fully saturated rings. The number of nitrogens with two attached hydrogens (primary N) is 3. The van der Waals surface area contributed by atoms with Crippen molar-refractivity contribution in [2.24, 2.45) is 17.2 Å². The van der Waals surface area contributed by atoms with Crippen LogP contribution in [0.3, 0.4) is 0 Å². The van der Waals surface area contributed by atoms with Crippen molar-refractivity contribution in [1.29, 1.82) is 4.78 Å². The number of carbonyl (C=O) groups excluding carboxylic acids is 6. The van der Waals surface area contributed by atoms with Crippen LogP contribution in [0.15, 0.2) is 97.1 Å². The molecule has 8 aromatic rings. The first kappa shape index (κ1) is 105. The molecule has 12 rings (SSSR count). The Kier molecular flexibility index (Phi) is 45.7. The third-order valence-corrected chi connectivity index (χ3v) is 19.8. The summed E-state index contributed by atoms with van der Waals surface area (Å²) in [5.74, 6) is 5.99. The standard InChI is InChI=1S/2C19H21NO5S.C19H23NO5S.C17H18O6.3C2H7NS.2Au.HNS/c2*1-19(2)8-16(23)25-18-11-5-4-6-14(17(11)13(21)7-12(18)19)24-9-15(22)20-10-26-3;1-19(2)10-16(22)25-18-12-5-4-6-15(17(12)14(21)9-13(18)19)23-7-8-24-20-11-26-3;1-17(2)9-14(19)23-16-10-4-3-5-13(21-6-7-22-20)15(10)12(18)8-11(16)17;3*1-4-2-3;;;1-2/h2*4-7,21H,8-10H2,1-3H3,(H,20,22);4-6,9,20-21H,7-8,10-11H2,1-3H3;3-5,8,18,20H,6-7,9H2,1-2H3;3*2-3H2,1H3;;;1H. The van der Waals surface area contributed by atoms with Gasteiger partial charge in [-0.3, -0.25) is 38.9 Å². The number of phenols is 4. The predicted octanol–water partition coefficient (Wildman–Crippen LogP) is 13.3. The average Bonchev–Trinajstić information content (AvgIpc) is 0.763. The van der Waals surface area contributed by atoms with Gasteiger partial charge in [-0.2, -0.15) is 40.8 Å². The molecular weight excluding hydrogens is 2010 g/mol. The van der Waals surface area contributed by atoms with Crippen molar-refractivity contribution >= 4 is 162 Å². The van der Waals surface area contributed by atoms with E-state index in [2.05, 4.69) is 33.4 Å². The average molecular weight is 2120 g/mol. The molecule has 37 heteroatoms. The minimum absolute atomic E-state index is 0. The number of carbonyl (C=O) groups is 6. The number of thioether (sulfide) groups is 6. The maximum absolute atomic E-state index is 12.0. The Labute approximate surface area is 743 Å². The van der Waals surface area contributed by atoms with E-state index in [1.54, 1.807) is 132 Å². The first-order valence-electron chi connectivity index (χ1n) is 35.7. The largest absolute Gasteiger partial charge is 0.507 e. The van der Waals surface area contributed by atoms with Crippen molar-refractivity contribution in [2.75, 3.05) is 112 Å². The van der Waals surface area contributed by atoms with Gasteiger partial charge >= 0.3 is 23.9 Å². The first-order chi connectivity index (χ1) is 54.8. The van der Waals surface area contributed by atoms with Crippen LogP contribution in [0, 0.1) is 4.78 Å². The van der Waals surface area contributed by atoms with E-state index in [0.717, 1.165) is 39.9 Å². The third kappa shape index (κ3) is 29.3.